The molecule has 1 aromatic carbocycles. The predicted octanol–water partition coefficient (Wildman–Crippen LogP) is 5.57. The molecule has 0 fully saturated rings. The van der Waals surface area contributed by atoms with Gasteiger partial charge < -0.3 is 9.55 Å². The van der Waals surface area contributed by atoms with Crippen LogP contribution in [0.1, 0.15) is 72.4 Å². The number of allylic oxidation sites excluding steroid dienone is 3. The number of nitrogens with zero attached hydrogens (tertiary/aromatic N) is 3. The van der Waals surface area contributed by atoms with E-state index in [4.69, 9.17) is 9.73 Å². The average Bonchev–Trinajstić information content (AvgIpc) is 3.20. The van der Waals surface area contributed by atoms with Gasteiger partial charge in [-0.25, -0.2) is 4.79 Å². The van der Waals surface area contributed by atoms with Gasteiger partial charge in [0.2, 0.25) is 5.84 Å². The highest BCUT2D eigenvalue weighted by molar-refractivity contribution is 6.34. The highest BCUT2D eigenvalue weighted by atomic mass is 16.5. The fourth-order valence-corrected chi connectivity index (χ4v) is 5.50. The molecule has 2 atom stereocenters. The van der Waals surface area contributed by atoms with Crippen molar-refractivity contribution < 1.29 is 14.0 Å². The van der Waals surface area contributed by atoms with Gasteiger partial charge in [-0.3, -0.25) is 4.48 Å². The lowest BCUT2D eigenvalue weighted by molar-refractivity contribution is -0.524. The Kier molecular flexibility index (Phi) is 5.36. The minimum atomic E-state index is -0.353. The molecular weight excluding hydrogens is 445 g/mol. The second-order valence-corrected chi connectivity index (χ2v) is 10.9. The molecule has 0 N–H and O–H groups in total. The molecule has 4 aliphatic rings. The predicted molar refractivity (Wildman–Crippen MR) is 144 cm³/mol. The summed E-state index contributed by atoms with van der Waals surface area (Å²) in [7, 11) is 2.06. The van der Waals surface area contributed by atoms with Crippen LogP contribution in [0.15, 0.2) is 71.8 Å². The maximum Gasteiger partial charge on any atom is 0.551 e. The molecule has 0 amide bonds. The minimum Gasteiger partial charge on any atom is -0.461 e. The smallest absolute Gasteiger partial charge is 0.461 e. The molecular formula is C30H30BN3O2+. The number of pyridine rings is 1. The second-order valence-electron chi connectivity index (χ2n) is 10.9. The first kappa shape index (κ1) is 22.8. The Morgan fingerprint density at radius 3 is 2.86 bits per heavy atom. The molecule has 0 spiro atoms. The number of aliphatic imine (C=N–C) groups is 1. The van der Waals surface area contributed by atoms with Crippen LogP contribution in [0.5, 0.6) is 0 Å². The molecule has 1 aromatic heterocycles. The molecule has 2 aliphatic carbocycles. The number of fused-ring (bicyclic) bond motifs is 4. The lowest BCUT2D eigenvalue weighted by Crippen LogP contribution is -2.57. The van der Waals surface area contributed by atoms with Crippen LogP contribution in [0, 0.1) is 11.3 Å². The van der Waals surface area contributed by atoms with Crippen LogP contribution in [0.3, 0.4) is 0 Å². The van der Waals surface area contributed by atoms with E-state index in [0.717, 1.165) is 29.9 Å². The van der Waals surface area contributed by atoms with Crippen molar-refractivity contribution in [1.29, 1.82) is 0 Å². The monoisotopic (exact) mass is 475 g/mol. The van der Waals surface area contributed by atoms with Crippen molar-refractivity contribution in [1.82, 2.24) is 4.81 Å². The number of rotatable bonds is 4. The Labute approximate surface area is 213 Å². The van der Waals surface area contributed by atoms with Crippen molar-refractivity contribution in [3.8, 4) is 0 Å². The van der Waals surface area contributed by atoms with Crippen LogP contribution < -0.4 is 4.48 Å². The minimum absolute atomic E-state index is 0.124. The molecule has 6 rings (SSSR count). The Bertz CT molecular complexity index is 1410. The summed E-state index contributed by atoms with van der Waals surface area (Å²) >= 11 is 0. The lowest BCUT2D eigenvalue weighted by atomic mass is 9.82. The Balaban J connectivity index is 1.29. The van der Waals surface area contributed by atoms with Crippen molar-refractivity contribution >= 4 is 37.3 Å². The maximum atomic E-state index is 13.3. The fourth-order valence-electron chi connectivity index (χ4n) is 5.50. The Morgan fingerprint density at radius 1 is 1.25 bits per heavy atom. The molecule has 2 aliphatic heterocycles. The summed E-state index contributed by atoms with van der Waals surface area (Å²) in [5.74, 6) is 1.29. The molecule has 2 unspecified atom stereocenters. The summed E-state index contributed by atoms with van der Waals surface area (Å²) in [4.78, 5) is 20.6. The number of ether oxygens (including phenoxy) is 1. The van der Waals surface area contributed by atoms with Crippen LogP contribution in [-0.4, -0.2) is 30.8 Å². The molecule has 0 saturated carbocycles. The van der Waals surface area contributed by atoms with Gasteiger partial charge in [0.05, 0.1) is 12.6 Å². The SMILES string of the molecule is C=Cc1ccc(C(=O)OCC2C=CC(C(C)(C)C)=CC2)c2[n+]1[B]N1C(=N2)c2cccc3c2C1CC=C3. The topological polar surface area (TPSA) is 45.8 Å². The maximum absolute atomic E-state index is 13.3. The third-order valence-corrected chi connectivity index (χ3v) is 7.48. The van der Waals surface area contributed by atoms with E-state index in [9.17, 15) is 4.79 Å². The van der Waals surface area contributed by atoms with Crippen LogP contribution in [0.2, 0.25) is 0 Å². The first-order valence-electron chi connectivity index (χ1n) is 12.6. The molecule has 2 aromatic rings. The molecule has 0 saturated heterocycles. The third-order valence-electron chi connectivity index (χ3n) is 7.48. The van der Waals surface area contributed by atoms with Crippen LogP contribution in [-0.2, 0) is 4.74 Å². The normalized spacial score (nSPS) is 21.0. The summed E-state index contributed by atoms with van der Waals surface area (Å²) < 4.78 is 7.77. The fraction of sp³-hybridized carbons (Fsp3) is 0.300. The average molecular weight is 475 g/mol. The quantitative estimate of drug-likeness (QED) is 0.429. The largest absolute Gasteiger partial charge is 0.551 e. The number of esters is 1. The summed E-state index contributed by atoms with van der Waals surface area (Å²) in [6.45, 7) is 11.0. The number of hydrogen-bond acceptors (Lipinski definition) is 4. The molecule has 36 heavy (non-hydrogen) atoms. The van der Waals surface area contributed by atoms with E-state index < -0.39 is 0 Å². The Hall–Kier alpha value is -3.67. The van der Waals surface area contributed by atoms with Crippen molar-refractivity contribution in [2.75, 3.05) is 6.61 Å². The zero-order valence-corrected chi connectivity index (χ0v) is 21.1. The summed E-state index contributed by atoms with van der Waals surface area (Å²) in [6, 6.07) is 10.3. The van der Waals surface area contributed by atoms with Gasteiger partial charge in [0.15, 0.2) is 5.56 Å². The number of aromatic nitrogens is 1. The van der Waals surface area contributed by atoms with Crippen LogP contribution in [0.4, 0.5) is 5.82 Å². The zero-order valence-electron chi connectivity index (χ0n) is 21.1. The van der Waals surface area contributed by atoms with E-state index in [1.807, 2.05) is 10.5 Å². The summed E-state index contributed by atoms with van der Waals surface area (Å²) in [5.41, 5.74) is 6.45. The first-order chi connectivity index (χ1) is 17.3. The highest BCUT2D eigenvalue weighted by Crippen LogP contribution is 2.43. The number of amidine groups is 1. The van der Waals surface area contributed by atoms with Gasteiger partial charge in [0.25, 0.3) is 0 Å². The van der Waals surface area contributed by atoms with Crippen molar-refractivity contribution in [2.45, 2.75) is 39.7 Å². The second kappa shape index (κ2) is 8.47. The van der Waals surface area contributed by atoms with Gasteiger partial charge in [0.1, 0.15) is 5.69 Å². The molecule has 3 heterocycles. The number of carbonyl (C=O) groups excluding carboxylic acids is 1. The van der Waals surface area contributed by atoms with E-state index in [1.165, 1.54) is 16.7 Å². The van der Waals surface area contributed by atoms with Crippen LogP contribution in [0.25, 0.3) is 12.2 Å². The van der Waals surface area contributed by atoms with Gasteiger partial charge >= 0.3 is 19.3 Å². The zero-order chi connectivity index (χ0) is 25.0. The van der Waals surface area contributed by atoms with Crippen molar-refractivity contribution in [2.24, 2.45) is 16.3 Å². The van der Waals surface area contributed by atoms with Crippen LogP contribution >= 0.6 is 0 Å². The number of benzene rings is 1. The van der Waals surface area contributed by atoms with Gasteiger partial charge in [-0.1, -0.05) is 69.9 Å². The first-order valence-corrected chi connectivity index (χ1v) is 12.6. The summed E-state index contributed by atoms with van der Waals surface area (Å²) in [6.07, 6.45) is 14.6. The number of hydrogen-bond donors (Lipinski definition) is 0. The molecule has 6 heteroatoms. The van der Waals surface area contributed by atoms with E-state index in [2.05, 4.69) is 88.3 Å². The van der Waals surface area contributed by atoms with E-state index in [1.54, 1.807) is 12.1 Å². The number of carbonyl (C=O) groups is 1. The molecule has 0 bridgehead atoms. The summed E-state index contributed by atoms with van der Waals surface area (Å²) in [5, 5.41) is 0. The molecule has 179 valence electrons. The van der Waals surface area contributed by atoms with Gasteiger partial charge in [-0.15, -0.1) is 0 Å². The standard InChI is InChI=1S/C30H30BN3O2/c1-5-22-16-17-24(29(35)36-18-19-12-14-21(15-13-19)30(2,3)4)28-32-27-23-10-6-8-20-9-7-11-25(26(20)23)34(27)31-33(22)28/h5-10,12,14-17,19,25H,1,11,13,18H2,2-4H3/q+1. The lowest BCUT2D eigenvalue weighted by Gasteiger charge is -2.27. The molecule has 1 radical (unpaired) electrons. The Morgan fingerprint density at radius 2 is 2.11 bits per heavy atom. The van der Waals surface area contributed by atoms with Gasteiger partial charge in [-0.05, 0) is 64.2 Å². The van der Waals surface area contributed by atoms with Gasteiger partial charge in [0, 0.05) is 11.5 Å². The van der Waals surface area contributed by atoms with E-state index >= 15 is 0 Å². The van der Waals surface area contributed by atoms with E-state index in [0.29, 0.717) is 18.0 Å². The van der Waals surface area contributed by atoms with Gasteiger partial charge in [-0.2, -0.15) is 0 Å². The van der Waals surface area contributed by atoms with Crippen molar-refractivity contribution in [3.05, 3.63) is 94.7 Å². The highest BCUT2D eigenvalue weighted by Gasteiger charge is 2.47. The van der Waals surface area contributed by atoms with Crippen molar-refractivity contribution in [3.63, 3.8) is 0 Å². The molecule has 5 nitrogen and oxygen atoms in total. The third kappa shape index (κ3) is 3.67. The van der Waals surface area contributed by atoms with E-state index in [-0.39, 0.29) is 23.3 Å².